The number of nitrogens with two attached hydrogens (primary N) is 1. The standard InChI is InChI=1S/C12H23N3OS/c1-17-12(3-2-4-12)9-14-8-11(5-6-11)7-10(13)15-16/h14,16H,2-9H2,1H3,(H2,13,15). The predicted molar refractivity (Wildman–Crippen MR) is 72.7 cm³/mol. The minimum absolute atomic E-state index is 0.277. The first-order valence-electron chi connectivity index (χ1n) is 6.36. The van der Waals surface area contributed by atoms with Crippen LogP contribution < -0.4 is 11.1 Å². The van der Waals surface area contributed by atoms with Gasteiger partial charge in [0.25, 0.3) is 0 Å². The second-order valence-corrected chi connectivity index (χ2v) is 6.89. The minimum Gasteiger partial charge on any atom is -0.409 e. The van der Waals surface area contributed by atoms with E-state index in [4.69, 9.17) is 10.9 Å². The van der Waals surface area contributed by atoms with Crippen LogP contribution in [0.4, 0.5) is 0 Å². The first-order chi connectivity index (χ1) is 8.14. The van der Waals surface area contributed by atoms with Crippen LogP contribution in [0.5, 0.6) is 0 Å². The van der Waals surface area contributed by atoms with Crippen LogP contribution in [0.1, 0.15) is 38.5 Å². The molecule has 0 saturated heterocycles. The molecule has 2 saturated carbocycles. The molecular weight excluding hydrogens is 234 g/mol. The molecule has 0 aromatic carbocycles. The summed E-state index contributed by atoms with van der Waals surface area (Å²) in [7, 11) is 0. The van der Waals surface area contributed by atoms with E-state index >= 15 is 0 Å². The van der Waals surface area contributed by atoms with Gasteiger partial charge in [0.05, 0.1) is 0 Å². The molecule has 5 heteroatoms. The molecule has 0 aromatic rings. The summed E-state index contributed by atoms with van der Waals surface area (Å²) in [5.41, 5.74) is 5.87. The lowest BCUT2D eigenvalue weighted by molar-refractivity contribution is 0.311. The number of thioether (sulfide) groups is 1. The topological polar surface area (TPSA) is 70.6 Å². The van der Waals surface area contributed by atoms with Gasteiger partial charge in [-0.3, -0.25) is 0 Å². The summed E-state index contributed by atoms with van der Waals surface area (Å²) in [5.74, 6) is 0.368. The van der Waals surface area contributed by atoms with Crippen LogP contribution in [0.3, 0.4) is 0 Å². The zero-order valence-corrected chi connectivity index (χ0v) is 11.4. The Morgan fingerprint density at radius 3 is 2.47 bits per heavy atom. The van der Waals surface area contributed by atoms with Crippen molar-refractivity contribution in [1.82, 2.24) is 5.32 Å². The van der Waals surface area contributed by atoms with Crippen LogP contribution in [-0.2, 0) is 0 Å². The molecule has 0 atom stereocenters. The molecule has 0 spiro atoms. The summed E-state index contributed by atoms with van der Waals surface area (Å²) < 4.78 is 0.493. The summed E-state index contributed by atoms with van der Waals surface area (Å²) >= 11 is 2.00. The fraction of sp³-hybridized carbons (Fsp3) is 0.917. The monoisotopic (exact) mass is 257 g/mol. The van der Waals surface area contributed by atoms with Gasteiger partial charge >= 0.3 is 0 Å². The van der Waals surface area contributed by atoms with Gasteiger partial charge in [0.15, 0.2) is 0 Å². The highest BCUT2D eigenvalue weighted by molar-refractivity contribution is 8.00. The van der Waals surface area contributed by atoms with Gasteiger partial charge in [-0.25, -0.2) is 0 Å². The lowest BCUT2D eigenvalue weighted by Gasteiger charge is -2.41. The van der Waals surface area contributed by atoms with E-state index in [0.717, 1.165) is 19.5 Å². The average Bonchev–Trinajstić information content (AvgIpc) is 3.02. The Hall–Kier alpha value is -0.420. The molecule has 2 fully saturated rings. The largest absolute Gasteiger partial charge is 0.409 e. The van der Waals surface area contributed by atoms with Crippen molar-refractivity contribution >= 4 is 17.6 Å². The summed E-state index contributed by atoms with van der Waals surface area (Å²) in [6, 6.07) is 0. The zero-order chi connectivity index (χ0) is 12.4. The summed E-state index contributed by atoms with van der Waals surface area (Å²) in [5, 5.41) is 15.3. The Bertz CT molecular complexity index is 293. The van der Waals surface area contributed by atoms with Crippen LogP contribution in [0, 0.1) is 5.41 Å². The summed E-state index contributed by atoms with van der Waals surface area (Å²) in [6.07, 6.45) is 9.39. The number of hydrogen-bond acceptors (Lipinski definition) is 4. The number of rotatable bonds is 7. The van der Waals surface area contributed by atoms with E-state index in [1.165, 1.54) is 32.1 Å². The van der Waals surface area contributed by atoms with Gasteiger partial charge < -0.3 is 16.3 Å². The van der Waals surface area contributed by atoms with Gasteiger partial charge in [-0.05, 0) is 37.4 Å². The van der Waals surface area contributed by atoms with Crippen molar-refractivity contribution < 1.29 is 5.21 Å². The lowest BCUT2D eigenvalue weighted by atomic mass is 9.84. The average molecular weight is 257 g/mol. The zero-order valence-electron chi connectivity index (χ0n) is 10.5. The van der Waals surface area contributed by atoms with Crippen molar-refractivity contribution in [1.29, 1.82) is 0 Å². The normalized spacial score (nSPS) is 25.4. The van der Waals surface area contributed by atoms with Gasteiger partial charge in [-0.1, -0.05) is 11.6 Å². The first-order valence-corrected chi connectivity index (χ1v) is 7.58. The fourth-order valence-corrected chi connectivity index (χ4v) is 3.54. The third kappa shape index (κ3) is 3.07. The highest BCUT2D eigenvalue weighted by atomic mass is 32.2. The van der Waals surface area contributed by atoms with Crippen LogP contribution in [0.2, 0.25) is 0 Å². The first kappa shape index (κ1) is 13.0. The third-order valence-corrected chi connectivity index (χ3v) is 5.71. The van der Waals surface area contributed by atoms with E-state index in [0.29, 0.717) is 10.6 Å². The molecule has 0 heterocycles. The number of nitrogens with zero attached hydrogens (tertiary/aromatic N) is 1. The lowest BCUT2D eigenvalue weighted by Crippen LogP contribution is -2.45. The Labute approximate surface area is 107 Å². The Morgan fingerprint density at radius 2 is 2.06 bits per heavy atom. The molecule has 0 aliphatic heterocycles. The molecule has 4 nitrogen and oxygen atoms in total. The molecular formula is C12H23N3OS. The van der Waals surface area contributed by atoms with Crippen molar-refractivity contribution in [2.75, 3.05) is 19.3 Å². The van der Waals surface area contributed by atoms with E-state index in [1.807, 2.05) is 11.8 Å². The van der Waals surface area contributed by atoms with Crippen molar-refractivity contribution in [2.24, 2.45) is 16.3 Å². The van der Waals surface area contributed by atoms with E-state index in [-0.39, 0.29) is 5.41 Å². The number of oxime groups is 1. The van der Waals surface area contributed by atoms with Crippen molar-refractivity contribution in [2.45, 2.75) is 43.3 Å². The van der Waals surface area contributed by atoms with E-state index in [2.05, 4.69) is 16.7 Å². The Kier molecular flexibility index (Phi) is 3.88. The van der Waals surface area contributed by atoms with E-state index in [1.54, 1.807) is 0 Å². The molecule has 4 N–H and O–H groups in total. The Balaban J connectivity index is 1.71. The number of amidine groups is 1. The van der Waals surface area contributed by atoms with Crippen molar-refractivity contribution in [3.8, 4) is 0 Å². The van der Waals surface area contributed by atoms with Crippen molar-refractivity contribution in [3.05, 3.63) is 0 Å². The van der Waals surface area contributed by atoms with Gasteiger partial charge in [-0.2, -0.15) is 11.8 Å². The minimum atomic E-state index is 0.277. The quantitative estimate of drug-likeness (QED) is 0.281. The highest BCUT2D eigenvalue weighted by Gasteiger charge is 2.44. The fourth-order valence-electron chi connectivity index (χ4n) is 2.59. The SMILES string of the molecule is CSC1(CNCC2(CC(N)=NO)CC2)CCC1. The number of hydrogen-bond donors (Lipinski definition) is 3. The Morgan fingerprint density at radius 1 is 1.35 bits per heavy atom. The van der Waals surface area contributed by atoms with Crippen molar-refractivity contribution in [3.63, 3.8) is 0 Å². The molecule has 2 aliphatic rings. The molecule has 2 aliphatic carbocycles. The second kappa shape index (κ2) is 5.06. The third-order valence-electron chi connectivity index (χ3n) is 4.29. The molecule has 0 radical (unpaired) electrons. The van der Waals surface area contributed by atoms with Crippen LogP contribution in [-0.4, -0.2) is 35.1 Å². The molecule has 0 amide bonds. The summed E-state index contributed by atoms with van der Waals surface area (Å²) in [4.78, 5) is 0. The van der Waals surface area contributed by atoms with Gasteiger partial charge in [-0.15, -0.1) is 0 Å². The second-order valence-electron chi connectivity index (χ2n) is 5.61. The molecule has 98 valence electrons. The van der Waals surface area contributed by atoms with E-state index < -0.39 is 0 Å². The molecule has 0 aromatic heterocycles. The molecule has 0 bridgehead atoms. The highest BCUT2D eigenvalue weighted by Crippen LogP contribution is 2.48. The van der Waals surface area contributed by atoms with Gasteiger partial charge in [0, 0.05) is 24.3 Å². The summed E-state index contributed by atoms with van der Waals surface area (Å²) in [6.45, 7) is 2.11. The predicted octanol–water partition coefficient (Wildman–Crippen LogP) is 1.78. The van der Waals surface area contributed by atoms with Crippen LogP contribution in [0.25, 0.3) is 0 Å². The van der Waals surface area contributed by atoms with Crippen LogP contribution in [0.15, 0.2) is 5.16 Å². The van der Waals surface area contributed by atoms with E-state index in [9.17, 15) is 0 Å². The maximum absolute atomic E-state index is 8.61. The number of nitrogens with one attached hydrogen (secondary N) is 1. The van der Waals surface area contributed by atoms with Gasteiger partial charge in [0.2, 0.25) is 0 Å². The smallest absolute Gasteiger partial charge is 0.139 e. The maximum atomic E-state index is 8.61. The molecule has 17 heavy (non-hydrogen) atoms. The van der Waals surface area contributed by atoms with Gasteiger partial charge in [0.1, 0.15) is 5.84 Å². The van der Waals surface area contributed by atoms with Crippen LogP contribution >= 0.6 is 11.8 Å². The molecule has 2 rings (SSSR count). The molecule has 0 unspecified atom stereocenters. The maximum Gasteiger partial charge on any atom is 0.139 e.